The van der Waals surface area contributed by atoms with Gasteiger partial charge in [-0.25, -0.2) is 4.98 Å². The maximum atomic E-state index is 10.0. The van der Waals surface area contributed by atoms with E-state index in [0.29, 0.717) is 0 Å². The molecule has 18 heavy (non-hydrogen) atoms. The number of hydrogen-bond acceptors (Lipinski definition) is 2. The highest BCUT2D eigenvalue weighted by Gasteiger charge is 2.34. The number of imidazole rings is 1. The predicted molar refractivity (Wildman–Crippen MR) is 74.1 cm³/mol. The fraction of sp³-hybridized carbons (Fsp3) is 0.533. The van der Waals surface area contributed by atoms with E-state index in [9.17, 15) is 5.11 Å². The van der Waals surface area contributed by atoms with Crippen LogP contribution < -0.4 is 0 Å². The van der Waals surface area contributed by atoms with Crippen molar-refractivity contribution in [3.8, 4) is 0 Å². The third-order valence-electron chi connectivity index (χ3n) is 3.94. The van der Waals surface area contributed by atoms with Gasteiger partial charge in [0.05, 0.1) is 30.4 Å². The molecule has 0 bridgehead atoms. The number of aliphatic hydroxyl groups excluding tert-OH is 1. The lowest BCUT2D eigenvalue weighted by atomic mass is 9.86. The van der Waals surface area contributed by atoms with E-state index in [-0.39, 0.29) is 18.1 Å². The van der Waals surface area contributed by atoms with E-state index < -0.39 is 0 Å². The minimum absolute atomic E-state index is 0.212. The minimum atomic E-state index is -0.318. The van der Waals surface area contributed by atoms with Crippen LogP contribution in [0.3, 0.4) is 0 Å². The molecule has 0 fully saturated rings. The van der Waals surface area contributed by atoms with Crippen LogP contribution in [0.15, 0.2) is 30.2 Å². The lowest BCUT2D eigenvalue weighted by Gasteiger charge is -2.28. The van der Waals surface area contributed by atoms with Gasteiger partial charge < -0.3 is 9.67 Å². The molecule has 1 unspecified atom stereocenters. The van der Waals surface area contributed by atoms with Crippen LogP contribution in [0, 0.1) is 5.92 Å². The highest BCUT2D eigenvalue weighted by atomic mass is 16.3. The van der Waals surface area contributed by atoms with Crippen molar-refractivity contribution < 1.29 is 5.11 Å². The van der Waals surface area contributed by atoms with Gasteiger partial charge in [-0.2, -0.15) is 0 Å². The Labute approximate surface area is 109 Å². The standard InChI is InChI=1S/C15H22N2O/c1-5-7-13-10(3)14-8-16-9-17(14)15(13)12(6-2)11(4)18/h5,7-9,11-12,15,18H,6H2,1-4H3/b7-5-/t11-,12+,15?/m0/s1. The van der Waals surface area contributed by atoms with Crippen molar-refractivity contribution >= 4 is 5.57 Å². The van der Waals surface area contributed by atoms with Crippen molar-refractivity contribution in [2.24, 2.45) is 5.92 Å². The van der Waals surface area contributed by atoms with Crippen LogP contribution in [-0.2, 0) is 0 Å². The first-order valence-electron chi connectivity index (χ1n) is 6.65. The highest BCUT2D eigenvalue weighted by Crippen LogP contribution is 2.42. The number of aliphatic hydroxyl groups is 1. The molecular formula is C15H22N2O. The zero-order valence-corrected chi connectivity index (χ0v) is 11.6. The van der Waals surface area contributed by atoms with E-state index in [0.717, 1.165) is 6.42 Å². The Morgan fingerprint density at radius 2 is 2.28 bits per heavy atom. The second-order valence-electron chi connectivity index (χ2n) is 5.02. The zero-order valence-electron chi connectivity index (χ0n) is 11.6. The summed E-state index contributed by atoms with van der Waals surface area (Å²) >= 11 is 0. The van der Waals surface area contributed by atoms with Crippen LogP contribution in [-0.4, -0.2) is 20.8 Å². The Kier molecular flexibility index (Phi) is 3.71. The predicted octanol–water partition coefficient (Wildman–Crippen LogP) is 3.19. The van der Waals surface area contributed by atoms with E-state index in [1.165, 1.54) is 16.8 Å². The summed E-state index contributed by atoms with van der Waals surface area (Å²) in [5.74, 6) is 0.224. The molecule has 1 N–H and O–H groups in total. The molecule has 0 spiro atoms. The molecule has 0 aromatic carbocycles. The number of hydrogen-bond donors (Lipinski definition) is 1. The number of fused-ring (bicyclic) bond motifs is 1. The van der Waals surface area contributed by atoms with Crippen LogP contribution in [0.4, 0.5) is 0 Å². The number of aromatic nitrogens is 2. The summed E-state index contributed by atoms with van der Waals surface area (Å²) in [7, 11) is 0. The third kappa shape index (κ3) is 1.93. The number of allylic oxidation sites excluding steroid dienone is 4. The first-order valence-corrected chi connectivity index (χ1v) is 6.65. The summed E-state index contributed by atoms with van der Waals surface area (Å²) < 4.78 is 2.20. The molecule has 2 heterocycles. The van der Waals surface area contributed by atoms with Crippen LogP contribution in [0.1, 0.15) is 45.9 Å². The van der Waals surface area contributed by atoms with E-state index in [1.807, 2.05) is 26.4 Å². The maximum absolute atomic E-state index is 10.0. The van der Waals surface area contributed by atoms with Crippen LogP contribution in [0.25, 0.3) is 5.57 Å². The quantitative estimate of drug-likeness (QED) is 0.886. The average molecular weight is 246 g/mol. The van der Waals surface area contributed by atoms with Crippen molar-refractivity contribution in [1.82, 2.24) is 9.55 Å². The minimum Gasteiger partial charge on any atom is -0.393 e. The normalized spacial score (nSPS) is 22.6. The van der Waals surface area contributed by atoms with Crippen LogP contribution in [0.2, 0.25) is 0 Å². The molecule has 98 valence electrons. The topological polar surface area (TPSA) is 38.0 Å². The molecule has 0 saturated carbocycles. The largest absolute Gasteiger partial charge is 0.393 e. The summed E-state index contributed by atoms with van der Waals surface area (Å²) in [5, 5.41) is 10.0. The molecule has 0 radical (unpaired) electrons. The van der Waals surface area contributed by atoms with Gasteiger partial charge in [-0.3, -0.25) is 0 Å². The Morgan fingerprint density at radius 3 is 2.83 bits per heavy atom. The summed E-state index contributed by atoms with van der Waals surface area (Å²) in [4.78, 5) is 4.24. The average Bonchev–Trinajstić information content (AvgIpc) is 2.88. The van der Waals surface area contributed by atoms with Gasteiger partial charge in [0, 0.05) is 5.92 Å². The van der Waals surface area contributed by atoms with Crippen LogP contribution >= 0.6 is 0 Å². The summed E-state index contributed by atoms with van der Waals surface area (Å²) in [6, 6.07) is 0.212. The molecular weight excluding hydrogens is 224 g/mol. The lowest BCUT2D eigenvalue weighted by Crippen LogP contribution is -2.27. The molecule has 1 aromatic rings. The number of rotatable bonds is 4. The Hall–Kier alpha value is -1.35. The molecule has 2 rings (SSSR count). The van der Waals surface area contributed by atoms with Gasteiger partial charge in [-0.15, -0.1) is 0 Å². The molecule has 0 saturated heterocycles. The van der Waals surface area contributed by atoms with Crippen molar-refractivity contribution in [2.45, 2.75) is 46.3 Å². The number of nitrogens with zero attached hydrogens (tertiary/aromatic N) is 2. The van der Waals surface area contributed by atoms with E-state index in [2.05, 4.69) is 35.6 Å². The van der Waals surface area contributed by atoms with Gasteiger partial charge in [0.1, 0.15) is 0 Å². The Balaban J connectivity index is 2.50. The van der Waals surface area contributed by atoms with Crippen LogP contribution in [0.5, 0.6) is 0 Å². The van der Waals surface area contributed by atoms with Gasteiger partial charge in [-0.1, -0.05) is 19.1 Å². The molecule has 0 amide bonds. The molecule has 3 heteroatoms. The second-order valence-corrected chi connectivity index (χ2v) is 5.02. The van der Waals surface area contributed by atoms with Gasteiger partial charge in [-0.05, 0) is 38.3 Å². The van der Waals surface area contributed by atoms with Crippen molar-refractivity contribution in [3.63, 3.8) is 0 Å². The molecule has 1 aliphatic heterocycles. The van der Waals surface area contributed by atoms with Gasteiger partial charge in [0.15, 0.2) is 0 Å². The molecule has 1 aliphatic rings. The smallest absolute Gasteiger partial charge is 0.0956 e. The third-order valence-corrected chi connectivity index (χ3v) is 3.94. The van der Waals surface area contributed by atoms with Gasteiger partial charge >= 0.3 is 0 Å². The lowest BCUT2D eigenvalue weighted by molar-refractivity contribution is 0.0993. The first-order chi connectivity index (χ1) is 8.61. The SMILES string of the molecule is C/C=C\C1=C(C)c2cncn2C1[C@H](CC)[C@H](C)O. The molecule has 1 aromatic heterocycles. The maximum Gasteiger partial charge on any atom is 0.0956 e. The summed E-state index contributed by atoms with van der Waals surface area (Å²) in [6.45, 7) is 8.19. The van der Waals surface area contributed by atoms with Crippen molar-refractivity contribution in [1.29, 1.82) is 0 Å². The fourth-order valence-electron chi connectivity index (χ4n) is 3.00. The van der Waals surface area contributed by atoms with Crippen molar-refractivity contribution in [3.05, 3.63) is 35.9 Å². The van der Waals surface area contributed by atoms with Gasteiger partial charge in [0.25, 0.3) is 0 Å². The van der Waals surface area contributed by atoms with Gasteiger partial charge in [0.2, 0.25) is 0 Å². The monoisotopic (exact) mass is 246 g/mol. The molecule has 0 aliphatic carbocycles. The van der Waals surface area contributed by atoms with Crippen molar-refractivity contribution in [2.75, 3.05) is 0 Å². The Morgan fingerprint density at radius 1 is 1.56 bits per heavy atom. The Bertz CT molecular complexity index is 482. The highest BCUT2D eigenvalue weighted by molar-refractivity contribution is 5.71. The molecule has 3 atom stereocenters. The first kappa shape index (κ1) is 13.1. The van der Waals surface area contributed by atoms with E-state index in [1.54, 1.807) is 0 Å². The molecule has 3 nitrogen and oxygen atoms in total. The second kappa shape index (κ2) is 5.11. The van der Waals surface area contributed by atoms with E-state index >= 15 is 0 Å². The fourth-order valence-corrected chi connectivity index (χ4v) is 3.00. The van der Waals surface area contributed by atoms with E-state index in [4.69, 9.17) is 0 Å². The summed E-state index contributed by atoms with van der Waals surface area (Å²) in [5.41, 5.74) is 3.75. The zero-order chi connectivity index (χ0) is 13.3. The summed E-state index contributed by atoms with van der Waals surface area (Å²) in [6.07, 6.45) is 8.66.